The van der Waals surface area contributed by atoms with Crippen LogP contribution in [0.4, 0.5) is 0 Å². The summed E-state index contributed by atoms with van der Waals surface area (Å²) in [6.07, 6.45) is 1.17. The van der Waals surface area contributed by atoms with Gasteiger partial charge >= 0.3 is 0 Å². The summed E-state index contributed by atoms with van der Waals surface area (Å²) in [6.45, 7) is 29.3. The molecular weight excluding hydrogens is 434 g/mol. The molecule has 0 saturated heterocycles. The van der Waals surface area contributed by atoms with Gasteiger partial charge in [-0.25, -0.2) is 0 Å². The zero-order chi connectivity index (χ0) is 22.5. The Morgan fingerprint density at radius 2 is 1.48 bits per heavy atom. The Hall–Kier alpha value is 1.39. The molecule has 0 aliphatic heterocycles. The van der Waals surface area contributed by atoms with Gasteiger partial charge in [-0.2, -0.15) is 0 Å². The Morgan fingerprint density at radius 1 is 1.04 bits per heavy atom. The fourth-order valence-corrected chi connectivity index (χ4v) is 29.5. The second kappa shape index (κ2) is 16.1. The molecule has 4 unspecified atom stereocenters. The van der Waals surface area contributed by atoms with Gasteiger partial charge < -0.3 is 8.85 Å². The second-order valence-corrected chi connectivity index (χ2v) is 35.9. The molecule has 0 spiro atoms. The molecule has 8 heteroatoms. The Kier molecular flexibility index (Phi) is 19.7. The first-order valence-electron chi connectivity index (χ1n) is 10.1. The maximum atomic E-state index is 5.63. The molecule has 0 N–H and O–H groups in total. The first-order chi connectivity index (χ1) is 11.9. The summed E-state index contributed by atoms with van der Waals surface area (Å²) in [6, 6.07) is 0. The third-order valence-electron chi connectivity index (χ3n) is 3.68. The molecule has 0 fully saturated rings. The Balaban J connectivity index is -0.000000329. The van der Waals surface area contributed by atoms with Crippen LogP contribution < -0.4 is 0 Å². The van der Waals surface area contributed by atoms with Crippen LogP contribution in [-0.4, -0.2) is 47.4 Å². The van der Waals surface area contributed by atoms with Crippen LogP contribution >= 0.6 is 16.7 Å². The largest absolute Gasteiger partial charge is 0.424 e. The predicted molar refractivity (Wildman–Crippen MR) is 147 cm³/mol. The van der Waals surface area contributed by atoms with Crippen LogP contribution in [0.5, 0.6) is 0 Å². The maximum Gasteiger partial charge on any atom is 0.213 e. The first kappa shape index (κ1) is 33.0. The van der Waals surface area contributed by atoms with E-state index in [0.717, 1.165) is 13.7 Å². The molecule has 0 saturated carbocycles. The standard InChI is InChI=1S/C7H14.C6H20OP2Si2.C6H18OSi2/c1-6(2)5-7(3)4;1-7-11(5,9-8)6-10(2,3)4;1-7-8(2)6-9(3,4)5/h7H,1,5H2,2-4H3;9H,6,8H2,1-5H3;8H,6H2,1-5H3. The van der Waals surface area contributed by atoms with Crippen LogP contribution in [-0.2, 0) is 8.85 Å². The highest BCUT2D eigenvalue weighted by Gasteiger charge is 2.32. The van der Waals surface area contributed by atoms with Crippen molar-refractivity contribution >= 4 is 49.9 Å². The topological polar surface area (TPSA) is 18.5 Å². The summed E-state index contributed by atoms with van der Waals surface area (Å²) in [5, 5.41) is 0. The van der Waals surface area contributed by atoms with Crippen LogP contribution in [0.1, 0.15) is 27.2 Å². The van der Waals surface area contributed by atoms with Gasteiger partial charge in [0, 0.05) is 30.4 Å². The number of allylic oxidation sites excluding steroid dienone is 1. The molecule has 0 rings (SSSR count). The van der Waals surface area contributed by atoms with Crippen LogP contribution in [0.2, 0.25) is 63.7 Å². The fourth-order valence-electron chi connectivity index (χ4n) is 2.84. The minimum atomic E-state index is -1.28. The van der Waals surface area contributed by atoms with Gasteiger partial charge in [0.05, 0.1) is 0 Å². The van der Waals surface area contributed by atoms with Crippen molar-refractivity contribution < 1.29 is 8.85 Å². The van der Waals surface area contributed by atoms with E-state index >= 15 is 0 Å². The van der Waals surface area contributed by atoms with Crippen LogP contribution in [0.25, 0.3) is 0 Å². The predicted octanol–water partition coefficient (Wildman–Crippen LogP) is 7.52. The minimum Gasteiger partial charge on any atom is -0.424 e. The van der Waals surface area contributed by atoms with Crippen molar-refractivity contribution in [1.29, 1.82) is 0 Å². The van der Waals surface area contributed by atoms with E-state index in [-0.39, 0.29) is 0 Å². The zero-order valence-corrected chi connectivity index (χ0v) is 27.2. The molecule has 166 valence electrons. The van der Waals surface area contributed by atoms with E-state index < -0.39 is 33.2 Å². The van der Waals surface area contributed by atoms with E-state index in [4.69, 9.17) is 8.85 Å². The summed E-state index contributed by atoms with van der Waals surface area (Å²) in [5.41, 5.74) is 4.08. The van der Waals surface area contributed by atoms with Gasteiger partial charge in [0.15, 0.2) is 9.04 Å². The summed E-state index contributed by atoms with van der Waals surface area (Å²) in [4.78, 5) is 0. The average molecular weight is 487 g/mol. The molecule has 0 amide bonds. The van der Waals surface area contributed by atoms with Crippen LogP contribution in [0.15, 0.2) is 12.2 Å². The van der Waals surface area contributed by atoms with E-state index in [1.165, 1.54) is 23.3 Å². The maximum absolute atomic E-state index is 5.63. The monoisotopic (exact) mass is 486 g/mol. The van der Waals surface area contributed by atoms with Gasteiger partial charge in [-0.05, 0) is 43.7 Å². The van der Waals surface area contributed by atoms with Gasteiger partial charge in [-0.3, -0.25) is 0 Å². The molecule has 0 aromatic heterocycles. The van der Waals surface area contributed by atoms with Crippen LogP contribution in [0.3, 0.4) is 0 Å². The number of hydrogen-bond donors (Lipinski definition) is 0. The summed E-state index contributed by atoms with van der Waals surface area (Å²) < 4.78 is 10.9. The van der Waals surface area contributed by atoms with Crippen molar-refractivity contribution in [3.05, 3.63) is 12.2 Å². The summed E-state index contributed by atoms with van der Waals surface area (Å²) >= 11 is 0. The Morgan fingerprint density at radius 3 is 1.56 bits per heavy atom. The average Bonchev–Trinajstić information content (AvgIpc) is 2.43. The van der Waals surface area contributed by atoms with E-state index in [9.17, 15) is 0 Å². The van der Waals surface area contributed by atoms with Gasteiger partial charge in [0.2, 0.25) is 7.98 Å². The van der Waals surface area contributed by atoms with Gasteiger partial charge in [-0.1, -0.05) is 66.5 Å². The molecule has 0 heterocycles. The van der Waals surface area contributed by atoms with E-state index in [2.05, 4.69) is 88.7 Å². The molecule has 2 nitrogen and oxygen atoms in total. The van der Waals surface area contributed by atoms with Crippen molar-refractivity contribution in [3.63, 3.8) is 0 Å². The Labute approximate surface area is 181 Å². The molecule has 0 aliphatic rings. The Bertz CT molecular complexity index is 377. The van der Waals surface area contributed by atoms with Crippen molar-refractivity contribution in [3.8, 4) is 0 Å². The van der Waals surface area contributed by atoms with Crippen LogP contribution in [0, 0.1) is 5.92 Å². The third kappa shape index (κ3) is 29.7. The third-order valence-corrected chi connectivity index (χ3v) is 29.7. The molecule has 0 aromatic carbocycles. The SMILES string of the molecule is C=C(C)CC(C)C.CO[SiH](C)C[Si](C)(C)C.CO[Si](C)(C[Si](C)(C)C)PP. The normalized spacial score (nSPS) is 15.5. The summed E-state index contributed by atoms with van der Waals surface area (Å²) in [7, 11) is 3.79. The van der Waals surface area contributed by atoms with Crippen molar-refractivity contribution in [2.45, 2.75) is 90.9 Å². The van der Waals surface area contributed by atoms with Gasteiger partial charge in [-0.15, -0.1) is 15.5 Å². The highest BCUT2D eigenvalue weighted by molar-refractivity contribution is 8.21. The van der Waals surface area contributed by atoms with E-state index in [1.54, 1.807) is 0 Å². The summed E-state index contributed by atoms with van der Waals surface area (Å²) in [5.74, 6) is 0.775. The lowest BCUT2D eigenvalue weighted by Crippen LogP contribution is -2.37. The lowest BCUT2D eigenvalue weighted by atomic mass is 10.1. The van der Waals surface area contributed by atoms with E-state index in [0.29, 0.717) is 0 Å². The molecule has 27 heavy (non-hydrogen) atoms. The number of rotatable bonds is 9. The first-order valence-corrected chi connectivity index (χ1v) is 26.4. The second-order valence-electron chi connectivity index (χ2n) is 10.7. The van der Waals surface area contributed by atoms with E-state index in [1.807, 2.05) is 14.2 Å². The lowest BCUT2D eigenvalue weighted by molar-refractivity contribution is 0.421. The quantitative estimate of drug-likeness (QED) is 0.190. The smallest absolute Gasteiger partial charge is 0.213 e. The lowest BCUT2D eigenvalue weighted by Gasteiger charge is -2.29. The molecule has 0 aliphatic carbocycles. The minimum absolute atomic E-state index is 0.745. The molecule has 0 aromatic rings. The highest BCUT2D eigenvalue weighted by atomic mass is 32.1. The number of hydrogen-bond acceptors (Lipinski definition) is 2. The fraction of sp³-hybridized carbons (Fsp3) is 0.895. The van der Waals surface area contributed by atoms with Gasteiger partial charge in [0.1, 0.15) is 0 Å². The molecule has 0 radical (unpaired) electrons. The molecular formula is C19H52O2P2Si4. The molecule has 0 bridgehead atoms. The highest BCUT2D eigenvalue weighted by Crippen LogP contribution is 2.40. The van der Waals surface area contributed by atoms with Gasteiger partial charge in [0.25, 0.3) is 0 Å². The molecule has 4 atom stereocenters. The van der Waals surface area contributed by atoms with Crippen molar-refractivity contribution in [1.82, 2.24) is 0 Å². The van der Waals surface area contributed by atoms with Crippen molar-refractivity contribution in [2.24, 2.45) is 5.92 Å². The van der Waals surface area contributed by atoms with Crippen molar-refractivity contribution in [2.75, 3.05) is 14.2 Å². The zero-order valence-electron chi connectivity index (χ0n) is 20.9.